The summed E-state index contributed by atoms with van der Waals surface area (Å²) in [7, 11) is -3.60. The molecular formula is C10H11NO7S. The van der Waals surface area contributed by atoms with E-state index in [1.807, 2.05) is 0 Å². The highest BCUT2D eigenvalue weighted by Crippen LogP contribution is 2.39. The van der Waals surface area contributed by atoms with E-state index in [1.54, 1.807) is 0 Å². The second-order valence-electron chi connectivity index (χ2n) is 3.90. The summed E-state index contributed by atoms with van der Waals surface area (Å²) < 4.78 is 37.0. The summed E-state index contributed by atoms with van der Waals surface area (Å²) in [5, 5.41) is 10.8. The molecule has 0 aromatic heterocycles. The number of nitro groups is 1. The second kappa shape index (κ2) is 5.02. The van der Waals surface area contributed by atoms with Crippen molar-refractivity contribution in [2.24, 2.45) is 0 Å². The molecule has 0 fully saturated rings. The molecule has 1 aromatic rings. The fourth-order valence-electron chi connectivity index (χ4n) is 1.55. The maximum atomic E-state index is 10.9. The van der Waals surface area contributed by atoms with E-state index in [9.17, 15) is 18.5 Å². The van der Waals surface area contributed by atoms with Gasteiger partial charge in [-0.15, -0.1) is 0 Å². The summed E-state index contributed by atoms with van der Waals surface area (Å²) in [5.74, 6) is 0.241. The molecule has 8 nitrogen and oxygen atoms in total. The summed E-state index contributed by atoms with van der Waals surface area (Å²) in [4.78, 5) is 10.2. The molecule has 0 spiro atoms. The topological polar surface area (TPSA) is 105 Å². The van der Waals surface area contributed by atoms with Gasteiger partial charge in [-0.25, -0.2) is 0 Å². The van der Waals surface area contributed by atoms with Crippen LogP contribution < -0.4 is 9.47 Å². The number of nitrogens with zero attached hydrogens (tertiary/aromatic N) is 1. The SMILES string of the molecule is CS(=O)(=O)OCC1COc2cccc([N+](=O)[O-])c2O1. The van der Waals surface area contributed by atoms with Gasteiger partial charge in [0, 0.05) is 6.07 Å². The Morgan fingerprint density at radius 1 is 1.53 bits per heavy atom. The van der Waals surface area contributed by atoms with Gasteiger partial charge in [0.1, 0.15) is 13.2 Å². The van der Waals surface area contributed by atoms with Gasteiger partial charge in [0.2, 0.25) is 5.75 Å². The van der Waals surface area contributed by atoms with E-state index in [2.05, 4.69) is 4.18 Å². The number of hydrogen-bond donors (Lipinski definition) is 0. The predicted molar refractivity (Wildman–Crippen MR) is 63.8 cm³/mol. The highest BCUT2D eigenvalue weighted by molar-refractivity contribution is 7.85. The van der Waals surface area contributed by atoms with Crippen LogP contribution in [0.1, 0.15) is 0 Å². The number of hydrogen-bond acceptors (Lipinski definition) is 7. The van der Waals surface area contributed by atoms with Crippen LogP contribution in [0.5, 0.6) is 11.5 Å². The molecule has 1 aliphatic rings. The lowest BCUT2D eigenvalue weighted by Gasteiger charge is -2.25. The van der Waals surface area contributed by atoms with Crippen LogP contribution >= 0.6 is 0 Å². The molecule has 1 unspecified atom stereocenters. The van der Waals surface area contributed by atoms with E-state index in [-0.39, 0.29) is 30.4 Å². The van der Waals surface area contributed by atoms with E-state index >= 15 is 0 Å². The van der Waals surface area contributed by atoms with Gasteiger partial charge in [-0.05, 0) is 6.07 Å². The molecular weight excluding hydrogens is 278 g/mol. The molecule has 2 rings (SSSR count). The van der Waals surface area contributed by atoms with E-state index < -0.39 is 21.1 Å². The van der Waals surface area contributed by atoms with Crippen LogP contribution in [0.2, 0.25) is 0 Å². The first-order chi connectivity index (χ1) is 8.87. The van der Waals surface area contributed by atoms with Crippen molar-refractivity contribution in [1.82, 2.24) is 0 Å². The first-order valence-corrected chi connectivity index (χ1v) is 7.10. The van der Waals surface area contributed by atoms with Gasteiger partial charge in [0.05, 0.1) is 11.2 Å². The zero-order valence-corrected chi connectivity index (χ0v) is 10.8. The van der Waals surface area contributed by atoms with E-state index in [0.717, 1.165) is 6.26 Å². The third-order valence-electron chi connectivity index (χ3n) is 2.33. The maximum absolute atomic E-state index is 10.9. The van der Waals surface area contributed by atoms with Crippen LogP contribution in [0, 0.1) is 10.1 Å². The first-order valence-electron chi connectivity index (χ1n) is 5.28. The Bertz CT molecular complexity index is 598. The summed E-state index contributed by atoms with van der Waals surface area (Å²) in [6, 6.07) is 4.30. The zero-order valence-electron chi connectivity index (χ0n) is 9.94. The largest absolute Gasteiger partial charge is 0.485 e. The van der Waals surface area contributed by atoms with Crippen molar-refractivity contribution in [2.45, 2.75) is 6.10 Å². The number of fused-ring (bicyclic) bond motifs is 1. The average molecular weight is 289 g/mol. The van der Waals surface area contributed by atoms with Crippen molar-refractivity contribution in [1.29, 1.82) is 0 Å². The molecule has 104 valence electrons. The lowest BCUT2D eigenvalue weighted by atomic mass is 10.2. The van der Waals surface area contributed by atoms with Crippen molar-refractivity contribution >= 4 is 15.8 Å². The smallest absolute Gasteiger partial charge is 0.314 e. The van der Waals surface area contributed by atoms with Gasteiger partial charge in [-0.3, -0.25) is 14.3 Å². The lowest BCUT2D eigenvalue weighted by Crippen LogP contribution is -2.34. The summed E-state index contributed by atoms with van der Waals surface area (Å²) in [6.07, 6.45) is 0.191. The molecule has 1 aromatic carbocycles. The molecule has 0 saturated heterocycles. The number of rotatable bonds is 4. The van der Waals surface area contributed by atoms with E-state index in [4.69, 9.17) is 9.47 Å². The van der Waals surface area contributed by atoms with Gasteiger partial charge >= 0.3 is 5.69 Å². The fourth-order valence-corrected chi connectivity index (χ4v) is 1.94. The van der Waals surface area contributed by atoms with Gasteiger partial charge < -0.3 is 9.47 Å². The monoisotopic (exact) mass is 289 g/mol. The lowest BCUT2D eigenvalue weighted by molar-refractivity contribution is -0.386. The molecule has 9 heteroatoms. The summed E-state index contributed by atoms with van der Waals surface area (Å²) in [6.45, 7) is -0.200. The molecule has 0 saturated carbocycles. The normalized spacial score (nSPS) is 18.1. The van der Waals surface area contributed by atoms with Crippen molar-refractivity contribution in [3.8, 4) is 11.5 Å². The standard InChI is InChI=1S/C10H11NO7S/c1-19(14,15)17-6-7-5-16-9-4-2-3-8(11(12)13)10(9)18-7/h2-4,7H,5-6H2,1H3. The fraction of sp³-hybridized carbons (Fsp3) is 0.400. The van der Waals surface area contributed by atoms with Crippen LogP contribution in [-0.4, -0.2) is 38.9 Å². The van der Waals surface area contributed by atoms with Gasteiger partial charge in [-0.2, -0.15) is 8.42 Å². The maximum Gasteiger partial charge on any atom is 0.314 e. The summed E-state index contributed by atoms with van der Waals surface area (Å²) in [5.41, 5.74) is -0.235. The second-order valence-corrected chi connectivity index (χ2v) is 5.54. The van der Waals surface area contributed by atoms with Crippen LogP contribution in [0.15, 0.2) is 18.2 Å². The molecule has 1 atom stereocenters. The van der Waals surface area contributed by atoms with Gasteiger partial charge in [-0.1, -0.05) is 6.07 Å². The Hall–Kier alpha value is -1.87. The zero-order chi connectivity index (χ0) is 14.0. The molecule has 0 aliphatic carbocycles. The molecule has 1 aliphatic heterocycles. The Morgan fingerprint density at radius 2 is 2.26 bits per heavy atom. The van der Waals surface area contributed by atoms with Crippen molar-refractivity contribution in [3.63, 3.8) is 0 Å². The van der Waals surface area contributed by atoms with E-state index in [1.165, 1.54) is 18.2 Å². The molecule has 0 bridgehead atoms. The quantitative estimate of drug-likeness (QED) is 0.456. The predicted octanol–water partition coefficient (Wildman–Crippen LogP) is 0.711. The van der Waals surface area contributed by atoms with Gasteiger partial charge in [0.25, 0.3) is 10.1 Å². The van der Waals surface area contributed by atoms with Crippen LogP contribution in [0.25, 0.3) is 0 Å². The number of benzene rings is 1. The van der Waals surface area contributed by atoms with Crippen molar-refractivity contribution < 1.29 is 27.0 Å². The Morgan fingerprint density at radius 3 is 2.89 bits per heavy atom. The number of ether oxygens (including phenoxy) is 2. The first kappa shape index (κ1) is 13.6. The third-order valence-corrected chi connectivity index (χ3v) is 2.90. The number of para-hydroxylation sites is 1. The molecule has 19 heavy (non-hydrogen) atoms. The van der Waals surface area contributed by atoms with Crippen molar-refractivity contribution in [3.05, 3.63) is 28.3 Å². The molecule has 0 radical (unpaired) electrons. The minimum absolute atomic E-state index is 0.0131. The highest BCUT2D eigenvalue weighted by atomic mass is 32.2. The molecule has 1 heterocycles. The van der Waals surface area contributed by atoms with Crippen molar-refractivity contribution in [2.75, 3.05) is 19.5 Å². The molecule has 0 amide bonds. The third kappa shape index (κ3) is 3.32. The number of nitro benzene ring substituents is 1. The molecule has 0 N–H and O–H groups in total. The van der Waals surface area contributed by atoms with E-state index in [0.29, 0.717) is 0 Å². The minimum atomic E-state index is -3.60. The summed E-state index contributed by atoms with van der Waals surface area (Å²) >= 11 is 0. The van der Waals surface area contributed by atoms with Crippen LogP contribution in [0.3, 0.4) is 0 Å². The average Bonchev–Trinajstić information content (AvgIpc) is 2.34. The Labute approximate surface area is 109 Å². The Kier molecular flexibility index (Phi) is 3.58. The van der Waals surface area contributed by atoms with Crippen LogP contribution in [0.4, 0.5) is 5.69 Å². The van der Waals surface area contributed by atoms with Crippen LogP contribution in [-0.2, 0) is 14.3 Å². The minimum Gasteiger partial charge on any atom is -0.485 e. The Balaban J connectivity index is 2.16. The van der Waals surface area contributed by atoms with Gasteiger partial charge in [0.15, 0.2) is 11.9 Å². The highest BCUT2D eigenvalue weighted by Gasteiger charge is 2.29.